The molecule has 3 rings (SSSR count). The molecule has 0 saturated heterocycles. The first kappa shape index (κ1) is 21.2. The molecule has 0 saturated carbocycles. The van der Waals surface area contributed by atoms with E-state index in [1.165, 1.54) is 12.1 Å². The standard InChI is InChI=1S/C23H21N3O3S/c27-23(18-24-30(28,29)21-14-8-3-9-15-21)26-25-22(20-12-6-2-7-13-20)17-16-19-10-4-1-5-11-19/h1-17,24H,18H2,(H,26,27)/b17-16+,25-22+. The molecule has 0 heterocycles. The second kappa shape index (κ2) is 10.3. The van der Waals surface area contributed by atoms with Crippen molar-refractivity contribution >= 4 is 27.7 Å². The molecular weight excluding hydrogens is 398 g/mol. The number of hydrogen-bond acceptors (Lipinski definition) is 4. The minimum absolute atomic E-state index is 0.0945. The van der Waals surface area contributed by atoms with Crippen molar-refractivity contribution in [3.63, 3.8) is 0 Å². The Kier molecular flexibility index (Phi) is 7.26. The molecule has 1 amide bonds. The maximum absolute atomic E-state index is 12.2. The Morgan fingerprint density at radius 2 is 1.40 bits per heavy atom. The van der Waals surface area contributed by atoms with E-state index < -0.39 is 22.5 Å². The van der Waals surface area contributed by atoms with E-state index in [-0.39, 0.29) is 4.90 Å². The molecule has 0 spiro atoms. The van der Waals surface area contributed by atoms with Gasteiger partial charge in [0.25, 0.3) is 5.91 Å². The Bertz CT molecular complexity index is 1130. The van der Waals surface area contributed by atoms with Crippen LogP contribution in [0.2, 0.25) is 0 Å². The van der Waals surface area contributed by atoms with Gasteiger partial charge >= 0.3 is 0 Å². The molecule has 6 nitrogen and oxygen atoms in total. The molecule has 0 aromatic heterocycles. The van der Waals surface area contributed by atoms with Gasteiger partial charge < -0.3 is 0 Å². The van der Waals surface area contributed by atoms with Crippen molar-refractivity contribution in [1.29, 1.82) is 0 Å². The van der Waals surface area contributed by atoms with E-state index in [0.717, 1.165) is 11.1 Å². The minimum Gasteiger partial charge on any atom is -0.272 e. The van der Waals surface area contributed by atoms with Gasteiger partial charge in [-0.1, -0.05) is 84.9 Å². The van der Waals surface area contributed by atoms with E-state index >= 15 is 0 Å². The number of hydrazone groups is 1. The van der Waals surface area contributed by atoms with E-state index in [2.05, 4.69) is 15.2 Å². The van der Waals surface area contributed by atoms with Crippen LogP contribution in [0.5, 0.6) is 0 Å². The molecule has 3 aromatic rings. The van der Waals surface area contributed by atoms with E-state index in [9.17, 15) is 13.2 Å². The van der Waals surface area contributed by atoms with Gasteiger partial charge in [-0.15, -0.1) is 0 Å². The smallest absolute Gasteiger partial charge is 0.255 e. The second-order valence-electron chi connectivity index (χ2n) is 6.28. The van der Waals surface area contributed by atoms with Crippen LogP contribution in [0, 0.1) is 0 Å². The van der Waals surface area contributed by atoms with Gasteiger partial charge in [0.05, 0.1) is 17.2 Å². The number of benzene rings is 3. The van der Waals surface area contributed by atoms with Crippen LogP contribution in [0.3, 0.4) is 0 Å². The van der Waals surface area contributed by atoms with E-state index in [1.54, 1.807) is 24.3 Å². The molecule has 0 atom stereocenters. The lowest BCUT2D eigenvalue weighted by atomic mass is 10.1. The largest absolute Gasteiger partial charge is 0.272 e. The number of hydrogen-bond donors (Lipinski definition) is 2. The number of amides is 1. The Morgan fingerprint density at radius 3 is 2.03 bits per heavy atom. The van der Waals surface area contributed by atoms with Crippen molar-refractivity contribution in [2.45, 2.75) is 4.90 Å². The summed E-state index contributed by atoms with van der Waals surface area (Å²) < 4.78 is 26.7. The lowest BCUT2D eigenvalue weighted by Crippen LogP contribution is -2.35. The van der Waals surface area contributed by atoms with Crippen LogP contribution in [-0.2, 0) is 14.8 Å². The summed E-state index contributed by atoms with van der Waals surface area (Å²) in [6.45, 7) is -0.425. The third-order valence-corrected chi connectivity index (χ3v) is 5.50. The molecule has 0 fully saturated rings. The summed E-state index contributed by atoms with van der Waals surface area (Å²) in [7, 11) is -3.77. The highest BCUT2D eigenvalue weighted by Crippen LogP contribution is 2.07. The van der Waals surface area contributed by atoms with Crippen LogP contribution in [0.15, 0.2) is 107 Å². The zero-order valence-electron chi connectivity index (χ0n) is 16.1. The summed E-state index contributed by atoms with van der Waals surface area (Å²) in [5.41, 5.74) is 4.76. The molecule has 0 unspecified atom stereocenters. The highest BCUT2D eigenvalue weighted by atomic mass is 32.2. The Labute approximate surface area is 176 Å². The Balaban J connectivity index is 1.69. The molecule has 0 aliphatic heterocycles. The molecule has 3 aromatic carbocycles. The van der Waals surface area contributed by atoms with Crippen LogP contribution in [0.4, 0.5) is 0 Å². The van der Waals surface area contributed by atoms with Gasteiger partial charge in [-0.2, -0.15) is 5.10 Å². The van der Waals surface area contributed by atoms with Crippen molar-refractivity contribution in [3.8, 4) is 0 Å². The van der Waals surface area contributed by atoms with Gasteiger partial charge in [0.2, 0.25) is 10.0 Å². The molecule has 30 heavy (non-hydrogen) atoms. The SMILES string of the molecule is O=C(CNS(=O)(=O)c1ccccc1)N/N=C(\C=C\c1ccccc1)c1ccccc1. The fourth-order valence-corrected chi connectivity index (χ4v) is 3.56. The van der Waals surface area contributed by atoms with Crippen LogP contribution < -0.4 is 10.1 Å². The van der Waals surface area contributed by atoms with Crippen molar-refractivity contribution in [2.24, 2.45) is 5.10 Å². The molecule has 0 radical (unpaired) electrons. The van der Waals surface area contributed by atoms with Crippen LogP contribution in [-0.4, -0.2) is 26.6 Å². The van der Waals surface area contributed by atoms with Gasteiger partial charge in [-0.3, -0.25) is 4.79 Å². The molecule has 0 aliphatic rings. The minimum atomic E-state index is -3.77. The van der Waals surface area contributed by atoms with Gasteiger partial charge in [-0.25, -0.2) is 18.6 Å². The van der Waals surface area contributed by atoms with Crippen molar-refractivity contribution in [3.05, 3.63) is 108 Å². The van der Waals surface area contributed by atoms with E-state index in [0.29, 0.717) is 5.71 Å². The first-order chi connectivity index (χ1) is 14.5. The highest BCUT2D eigenvalue weighted by molar-refractivity contribution is 7.89. The molecule has 2 N–H and O–H groups in total. The monoisotopic (exact) mass is 419 g/mol. The predicted octanol–water partition coefficient (Wildman–Crippen LogP) is 3.20. The number of sulfonamides is 1. The first-order valence-electron chi connectivity index (χ1n) is 9.24. The average Bonchev–Trinajstić information content (AvgIpc) is 2.79. The Morgan fingerprint density at radius 1 is 0.833 bits per heavy atom. The quantitative estimate of drug-likeness (QED) is 0.434. The van der Waals surface area contributed by atoms with Crippen LogP contribution in [0.25, 0.3) is 6.08 Å². The van der Waals surface area contributed by atoms with Crippen LogP contribution >= 0.6 is 0 Å². The molecule has 152 valence electrons. The lowest BCUT2D eigenvalue weighted by Gasteiger charge is -2.07. The van der Waals surface area contributed by atoms with Gasteiger partial charge in [0.1, 0.15) is 0 Å². The third-order valence-electron chi connectivity index (χ3n) is 4.08. The number of carbonyl (C=O) groups is 1. The van der Waals surface area contributed by atoms with Gasteiger partial charge in [0.15, 0.2) is 0 Å². The van der Waals surface area contributed by atoms with Crippen LogP contribution in [0.1, 0.15) is 11.1 Å². The maximum Gasteiger partial charge on any atom is 0.255 e. The zero-order valence-corrected chi connectivity index (χ0v) is 16.9. The second-order valence-corrected chi connectivity index (χ2v) is 8.05. The number of allylic oxidation sites excluding steroid dienone is 1. The van der Waals surface area contributed by atoms with Gasteiger partial charge in [0, 0.05) is 5.56 Å². The lowest BCUT2D eigenvalue weighted by molar-refractivity contribution is -0.119. The van der Waals surface area contributed by atoms with Crippen molar-refractivity contribution in [1.82, 2.24) is 10.1 Å². The zero-order chi connectivity index (χ0) is 21.2. The Hall–Kier alpha value is -3.55. The fraction of sp³-hybridized carbons (Fsp3) is 0.0435. The summed E-state index contributed by atoms with van der Waals surface area (Å²) in [4.78, 5) is 12.3. The first-order valence-corrected chi connectivity index (χ1v) is 10.7. The topological polar surface area (TPSA) is 87.6 Å². The summed E-state index contributed by atoms with van der Waals surface area (Å²) in [6.07, 6.45) is 3.68. The predicted molar refractivity (Wildman–Crippen MR) is 118 cm³/mol. The number of rotatable bonds is 8. The summed E-state index contributed by atoms with van der Waals surface area (Å²) in [5.74, 6) is -0.573. The highest BCUT2D eigenvalue weighted by Gasteiger charge is 2.14. The van der Waals surface area contributed by atoms with Crippen molar-refractivity contribution < 1.29 is 13.2 Å². The third kappa shape index (κ3) is 6.23. The summed E-state index contributed by atoms with van der Waals surface area (Å²) in [5, 5.41) is 4.18. The summed E-state index contributed by atoms with van der Waals surface area (Å²) >= 11 is 0. The molecular formula is C23H21N3O3S. The average molecular weight is 420 g/mol. The number of nitrogens with zero attached hydrogens (tertiary/aromatic N) is 1. The van der Waals surface area contributed by atoms with Crippen molar-refractivity contribution in [2.75, 3.05) is 6.54 Å². The molecule has 0 aliphatic carbocycles. The molecule has 0 bridgehead atoms. The normalized spacial score (nSPS) is 12.1. The number of carbonyl (C=O) groups excluding carboxylic acids is 1. The van der Waals surface area contributed by atoms with Gasteiger partial charge in [-0.05, 0) is 23.8 Å². The van der Waals surface area contributed by atoms with E-state index in [4.69, 9.17) is 0 Å². The number of nitrogens with one attached hydrogen (secondary N) is 2. The molecule has 7 heteroatoms. The maximum atomic E-state index is 12.2. The summed E-state index contributed by atoms with van der Waals surface area (Å²) in [6, 6.07) is 26.9. The fourth-order valence-electron chi connectivity index (χ4n) is 2.55. The van der Waals surface area contributed by atoms with E-state index in [1.807, 2.05) is 66.7 Å².